The molecule has 0 radical (unpaired) electrons. The van der Waals surface area contributed by atoms with E-state index in [-0.39, 0.29) is 11.3 Å². The lowest BCUT2D eigenvalue weighted by Crippen LogP contribution is -2.31. The van der Waals surface area contributed by atoms with Crippen LogP contribution in [0.3, 0.4) is 0 Å². The van der Waals surface area contributed by atoms with E-state index in [9.17, 15) is 22.8 Å². The summed E-state index contributed by atoms with van der Waals surface area (Å²) in [7, 11) is 2.54. The summed E-state index contributed by atoms with van der Waals surface area (Å²) in [5.41, 5.74) is 1.38. The van der Waals surface area contributed by atoms with Crippen LogP contribution in [-0.2, 0) is 11.2 Å². The Morgan fingerprint density at radius 1 is 1.30 bits per heavy atom. The van der Waals surface area contributed by atoms with Crippen LogP contribution in [0.25, 0.3) is 0 Å². The number of nitrogens with one attached hydrogen (secondary N) is 1. The summed E-state index contributed by atoms with van der Waals surface area (Å²) in [5.74, 6) is -1.14. The first-order valence-electron chi connectivity index (χ1n) is 7.24. The van der Waals surface area contributed by atoms with Crippen LogP contribution >= 0.6 is 0 Å². The average Bonchev–Trinajstić information content (AvgIpc) is 2.79. The molecule has 1 heterocycles. The molecule has 0 unspecified atom stereocenters. The van der Waals surface area contributed by atoms with E-state index < -0.39 is 31.0 Å². The Balaban J connectivity index is 3.11. The molecule has 1 aromatic rings. The molecular formula is C15H21F3N2O3. The first-order chi connectivity index (χ1) is 10.6. The van der Waals surface area contributed by atoms with Crippen molar-refractivity contribution in [3.63, 3.8) is 0 Å². The van der Waals surface area contributed by atoms with E-state index >= 15 is 0 Å². The second kappa shape index (κ2) is 7.52. The number of amides is 1. The molecule has 1 rings (SSSR count). The minimum Gasteiger partial charge on any atom is -0.465 e. The maximum Gasteiger partial charge on any atom is 0.390 e. The maximum atomic E-state index is 12.4. The molecule has 1 aromatic heterocycles. The Bertz CT molecular complexity index is 579. The van der Waals surface area contributed by atoms with Gasteiger partial charge in [-0.3, -0.25) is 4.79 Å². The lowest BCUT2D eigenvalue weighted by atomic mass is 10.0. The molecule has 0 fully saturated rings. The molecule has 1 N–H and O–H groups in total. The summed E-state index contributed by atoms with van der Waals surface area (Å²) in [6, 6.07) is 0. The molecule has 0 aliphatic carbocycles. The van der Waals surface area contributed by atoms with E-state index in [0.29, 0.717) is 24.1 Å². The highest BCUT2D eigenvalue weighted by Crippen LogP contribution is 2.24. The van der Waals surface area contributed by atoms with Crippen LogP contribution in [0, 0.1) is 6.92 Å². The van der Waals surface area contributed by atoms with Crippen molar-refractivity contribution in [2.75, 3.05) is 20.7 Å². The summed E-state index contributed by atoms with van der Waals surface area (Å²) in [6.45, 7) is 3.06. The summed E-state index contributed by atoms with van der Waals surface area (Å²) in [4.78, 5) is 28.1. The molecule has 130 valence electrons. The largest absolute Gasteiger partial charge is 0.465 e. The molecule has 0 bridgehead atoms. The fourth-order valence-corrected chi connectivity index (χ4v) is 2.32. The van der Waals surface area contributed by atoms with Crippen molar-refractivity contribution in [3.8, 4) is 0 Å². The second-order valence-corrected chi connectivity index (χ2v) is 5.31. The van der Waals surface area contributed by atoms with Gasteiger partial charge in [0.1, 0.15) is 5.69 Å². The van der Waals surface area contributed by atoms with Crippen molar-refractivity contribution >= 4 is 11.9 Å². The van der Waals surface area contributed by atoms with Gasteiger partial charge in [0.05, 0.1) is 19.1 Å². The number of rotatable bonds is 6. The third-order valence-electron chi connectivity index (χ3n) is 3.47. The van der Waals surface area contributed by atoms with Gasteiger partial charge >= 0.3 is 12.1 Å². The predicted octanol–water partition coefficient (Wildman–Crippen LogP) is 3.09. The maximum absolute atomic E-state index is 12.4. The van der Waals surface area contributed by atoms with Crippen molar-refractivity contribution in [2.45, 2.75) is 39.3 Å². The van der Waals surface area contributed by atoms with Gasteiger partial charge in [0, 0.05) is 19.3 Å². The minimum atomic E-state index is -4.33. The number of esters is 1. The van der Waals surface area contributed by atoms with E-state index in [1.54, 1.807) is 6.92 Å². The zero-order valence-corrected chi connectivity index (χ0v) is 13.6. The van der Waals surface area contributed by atoms with Gasteiger partial charge < -0.3 is 14.6 Å². The van der Waals surface area contributed by atoms with Crippen molar-refractivity contribution in [2.24, 2.45) is 0 Å². The molecule has 0 saturated heterocycles. The Morgan fingerprint density at radius 2 is 1.91 bits per heavy atom. The Morgan fingerprint density at radius 3 is 2.39 bits per heavy atom. The van der Waals surface area contributed by atoms with Crippen molar-refractivity contribution in [3.05, 3.63) is 22.5 Å². The van der Waals surface area contributed by atoms with E-state index in [1.165, 1.54) is 14.2 Å². The Kier molecular flexibility index (Phi) is 6.23. The second-order valence-electron chi connectivity index (χ2n) is 5.31. The van der Waals surface area contributed by atoms with Crippen molar-refractivity contribution < 1.29 is 27.5 Å². The Labute approximate surface area is 132 Å². The number of methoxy groups -OCH3 is 1. The minimum absolute atomic E-state index is 0.148. The molecule has 1 amide bonds. The first-order valence-corrected chi connectivity index (χ1v) is 7.24. The zero-order chi connectivity index (χ0) is 17.8. The highest BCUT2D eigenvalue weighted by molar-refractivity contribution is 6.00. The van der Waals surface area contributed by atoms with Gasteiger partial charge in [0.2, 0.25) is 0 Å². The third kappa shape index (κ3) is 4.74. The normalized spacial score (nSPS) is 11.4. The van der Waals surface area contributed by atoms with E-state index in [4.69, 9.17) is 4.74 Å². The number of carbonyl (C=O) groups is 2. The van der Waals surface area contributed by atoms with Gasteiger partial charge in [-0.25, -0.2) is 4.79 Å². The number of alkyl halides is 3. The molecule has 0 spiro atoms. The smallest absolute Gasteiger partial charge is 0.390 e. The lowest BCUT2D eigenvalue weighted by molar-refractivity contribution is -0.136. The number of aromatic nitrogens is 1. The molecule has 23 heavy (non-hydrogen) atoms. The van der Waals surface area contributed by atoms with Crippen LogP contribution in [0.15, 0.2) is 0 Å². The van der Waals surface area contributed by atoms with Crippen molar-refractivity contribution in [1.82, 2.24) is 9.88 Å². The van der Waals surface area contributed by atoms with Crippen LogP contribution in [0.1, 0.15) is 51.9 Å². The molecule has 0 saturated carbocycles. The predicted molar refractivity (Wildman–Crippen MR) is 78.5 cm³/mol. The molecule has 0 atom stereocenters. The molecule has 5 nitrogen and oxygen atoms in total. The summed E-state index contributed by atoms with van der Waals surface area (Å²) in [5, 5.41) is 0. The SMILES string of the molecule is CCCc1c(C(=O)N(C)CCC(F)(F)F)[nH]c(C)c1C(=O)OC. The van der Waals surface area contributed by atoms with Gasteiger partial charge in [-0.05, 0) is 18.9 Å². The van der Waals surface area contributed by atoms with Crippen molar-refractivity contribution in [1.29, 1.82) is 0 Å². The number of carbonyl (C=O) groups excluding carboxylic acids is 2. The zero-order valence-electron chi connectivity index (χ0n) is 13.6. The number of halogens is 3. The topological polar surface area (TPSA) is 62.4 Å². The molecule has 0 aliphatic heterocycles. The fraction of sp³-hybridized carbons (Fsp3) is 0.600. The number of H-pyrrole nitrogens is 1. The Hall–Kier alpha value is -1.99. The average molecular weight is 334 g/mol. The number of ether oxygens (including phenoxy) is 1. The van der Waals surface area contributed by atoms with Crippen LogP contribution < -0.4 is 0 Å². The summed E-state index contributed by atoms with van der Waals surface area (Å²) < 4.78 is 41.6. The number of aryl methyl sites for hydroxylation is 1. The molecule has 8 heteroatoms. The van der Waals surface area contributed by atoms with Crippen LogP contribution in [0.4, 0.5) is 13.2 Å². The summed E-state index contributed by atoms with van der Waals surface area (Å²) >= 11 is 0. The van der Waals surface area contributed by atoms with E-state index in [0.717, 1.165) is 4.90 Å². The van der Waals surface area contributed by atoms with E-state index in [1.807, 2.05) is 6.92 Å². The van der Waals surface area contributed by atoms with Gasteiger partial charge in [0.15, 0.2) is 0 Å². The fourth-order valence-electron chi connectivity index (χ4n) is 2.32. The molecule has 0 aromatic carbocycles. The monoisotopic (exact) mass is 334 g/mol. The lowest BCUT2D eigenvalue weighted by Gasteiger charge is -2.18. The van der Waals surface area contributed by atoms with Gasteiger partial charge in [-0.1, -0.05) is 13.3 Å². The first kappa shape index (κ1) is 19.1. The number of hydrogen-bond acceptors (Lipinski definition) is 3. The highest BCUT2D eigenvalue weighted by atomic mass is 19.4. The van der Waals surface area contributed by atoms with E-state index in [2.05, 4.69) is 4.98 Å². The van der Waals surface area contributed by atoms with Crippen LogP contribution in [0.5, 0.6) is 0 Å². The summed E-state index contributed by atoms with van der Waals surface area (Å²) in [6.07, 6.45) is -4.29. The van der Waals surface area contributed by atoms with Crippen LogP contribution in [0.2, 0.25) is 0 Å². The number of aromatic amines is 1. The van der Waals surface area contributed by atoms with Crippen LogP contribution in [-0.4, -0.2) is 48.6 Å². The quantitative estimate of drug-likeness (QED) is 0.813. The molecular weight excluding hydrogens is 313 g/mol. The highest BCUT2D eigenvalue weighted by Gasteiger charge is 2.30. The standard InChI is InChI=1S/C15H21F3N2O3/c1-5-6-10-11(14(22)23-4)9(2)19-12(10)13(21)20(3)8-7-15(16,17)18/h19H,5-8H2,1-4H3. The van der Waals surface area contributed by atoms with Gasteiger partial charge in [-0.2, -0.15) is 13.2 Å². The van der Waals surface area contributed by atoms with Gasteiger partial charge in [0.25, 0.3) is 5.91 Å². The third-order valence-corrected chi connectivity index (χ3v) is 3.47. The van der Waals surface area contributed by atoms with Gasteiger partial charge in [-0.15, -0.1) is 0 Å². The number of hydrogen-bond donors (Lipinski definition) is 1. The number of nitrogens with zero attached hydrogens (tertiary/aromatic N) is 1. The molecule has 0 aliphatic rings.